The molecule has 0 aromatic rings. The van der Waals surface area contributed by atoms with E-state index in [1.807, 2.05) is 6.92 Å². The summed E-state index contributed by atoms with van der Waals surface area (Å²) in [4.78, 5) is 21.8. The quantitative estimate of drug-likeness (QED) is 0.403. The number of aliphatic carboxylic acids is 1. The Morgan fingerprint density at radius 3 is 2.40 bits per heavy atom. The second kappa shape index (κ2) is 7.87. The predicted molar refractivity (Wildman–Crippen MR) is 65.7 cm³/mol. The van der Waals surface area contributed by atoms with E-state index in [1.54, 1.807) is 0 Å². The molecule has 0 rings (SSSR count). The fraction of sp³-hybridized carbons (Fsp3) is 0.778. The van der Waals surface area contributed by atoms with Gasteiger partial charge in [0.15, 0.2) is 0 Å². The molecule has 0 aliphatic rings. The number of carbonyl (C=O) groups is 2. The van der Waals surface area contributed by atoms with Gasteiger partial charge in [-0.3, -0.25) is 9.59 Å². The molecule has 0 bridgehead atoms. The van der Waals surface area contributed by atoms with Gasteiger partial charge in [-0.25, -0.2) is 0 Å². The number of hydrogen-bond donors (Lipinski definition) is 4. The fourth-order valence-electron chi connectivity index (χ4n) is 0.926. The van der Waals surface area contributed by atoms with Crippen LogP contribution in [0.4, 0.5) is 0 Å². The monoisotopic (exact) mass is 251 g/mol. The number of carboxylic acids is 1. The summed E-state index contributed by atoms with van der Waals surface area (Å²) in [6, 6.07) is 0. The summed E-state index contributed by atoms with van der Waals surface area (Å²) in [6.07, 6.45) is 2.04. The molecule has 0 saturated heterocycles. The van der Waals surface area contributed by atoms with Crippen LogP contribution < -0.4 is 5.32 Å². The minimum Gasteiger partial charge on any atom is -0.480 e. The van der Waals surface area contributed by atoms with Crippen LogP contribution in [0.1, 0.15) is 26.2 Å². The highest BCUT2D eigenvalue weighted by Gasteiger charge is 2.21. The van der Waals surface area contributed by atoms with Gasteiger partial charge in [0, 0.05) is 6.54 Å². The van der Waals surface area contributed by atoms with Crippen molar-refractivity contribution >= 4 is 37.1 Å². The molecule has 2 atom stereocenters. The van der Waals surface area contributed by atoms with Gasteiger partial charge in [0.05, 0.1) is 5.25 Å². The normalized spacial score (nSPS) is 14.3. The number of hydrogen-bond acceptors (Lipinski definition) is 4. The van der Waals surface area contributed by atoms with Crippen LogP contribution in [-0.2, 0) is 9.59 Å². The molecule has 0 aliphatic heterocycles. The van der Waals surface area contributed by atoms with Crippen molar-refractivity contribution in [2.75, 3.05) is 6.54 Å². The van der Waals surface area contributed by atoms with Gasteiger partial charge in [0.1, 0.15) is 5.25 Å². The first-order valence-corrected chi connectivity index (χ1v) is 5.89. The maximum Gasteiger partial charge on any atom is 0.316 e. The van der Waals surface area contributed by atoms with E-state index >= 15 is 0 Å². The Kier molecular flexibility index (Phi) is 7.68. The molecular formula is C9H17NO3S2. The van der Waals surface area contributed by atoms with Crippen LogP contribution in [0.15, 0.2) is 0 Å². The highest BCUT2D eigenvalue weighted by atomic mass is 32.1. The molecule has 0 aliphatic carbocycles. The van der Waals surface area contributed by atoms with Crippen molar-refractivity contribution in [3.8, 4) is 0 Å². The average Bonchev–Trinajstić information content (AvgIpc) is 2.17. The second-order valence-corrected chi connectivity index (χ2v) is 4.50. The zero-order chi connectivity index (χ0) is 11.8. The molecule has 2 N–H and O–H groups in total. The Bertz CT molecular complexity index is 223. The first-order chi connectivity index (χ1) is 6.99. The second-order valence-electron chi connectivity index (χ2n) is 3.25. The van der Waals surface area contributed by atoms with E-state index in [4.69, 9.17) is 5.11 Å². The molecule has 15 heavy (non-hydrogen) atoms. The van der Waals surface area contributed by atoms with Gasteiger partial charge >= 0.3 is 5.97 Å². The van der Waals surface area contributed by atoms with Crippen LogP contribution in [-0.4, -0.2) is 34.0 Å². The van der Waals surface area contributed by atoms with Crippen molar-refractivity contribution in [1.29, 1.82) is 0 Å². The third-order valence-corrected chi connectivity index (χ3v) is 2.74. The number of thiol groups is 2. The number of amides is 1. The number of nitrogens with one attached hydrogen (secondary N) is 1. The minimum absolute atomic E-state index is 0.125. The summed E-state index contributed by atoms with van der Waals surface area (Å²) in [7, 11) is 0. The van der Waals surface area contributed by atoms with Crippen LogP contribution in [0, 0.1) is 0 Å². The topological polar surface area (TPSA) is 66.4 Å². The summed E-state index contributed by atoms with van der Waals surface area (Å²) in [5.74, 6) is -1.26. The van der Waals surface area contributed by atoms with Gasteiger partial charge in [0.2, 0.25) is 5.91 Å². The molecule has 0 aromatic heterocycles. The Labute approximate surface area is 101 Å². The Morgan fingerprint density at radius 1 is 1.33 bits per heavy atom. The molecule has 0 aromatic carbocycles. The standard InChI is InChI=1S/C9H17NO3S2/c1-2-3-4-10-8(11)6(14)5-7(15)9(12)13/h6-7,14-15H,2-5H2,1H3,(H,10,11)(H,12,13). The van der Waals surface area contributed by atoms with Crippen molar-refractivity contribution < 1.29 is 14.7 Å². The average molecular weight is 251 g/mol. The van der Waals surface area contributed by atoms with E-state index in [2.05, 4.69) is 30.6 Å². The van der Waals surface area contributed by atoms with Crippen molar-refractivity contribution in [2.45, 2.75) is 36.7 Å². The summed E-state index contributed by atoms with van der Waals surface area (Å²) in [5.41, 5.74) is 0. The lowest BCUT2D eigenvalue weighted by atomic mass is 10.2. The maximum atomic E-state index is 11.4. The van der Waals surface area contributed by atoms with Crippen LogP contribution in [0.2, 0.25) is 0 Å². The lowest BCUT2D eigenvalue weighted by Gasteiger charge is -2.12. The van der Waals surface area contributed by atoms with Gasteiger partial charge in [-0.2, -0.15) is 25.3 Å². The van der Waals surface area contributed by atoms with E-state index in [0.29, 0.717) is 6.54 Å². The molecule has 0 fully saturated rings. The molecule has 0 saturated carbocycles. The lowest BCUT2D eigenvalue weighted by molar-refractivity contribution is -0.136. The summed E-state index contributed by atoms with van der Waals surface area (Å²) in [6.45, 7) is 2.63. The third kappa shape index (κ3) is 6.67. The van der Waals surface area contributed by atoms with Gasteiger partial charge in [0.25, 0.3) is 0 Å². The van der Waals surface area contributed by atoms with Crippen molar-refractivity contribution in [1.82, 2.24) is 5.32 Å². The zero-order valence-electron chi connectivity index (χ0n) is 8.64. The molecule has 2 unspecified atom stereocenters. The molecular weight excluding hydrogens is 234 g/mol. The van der Waals surface area contributed by atoms with E-state index in [-0.39, 0.29) is 12.3 Å². The first kappa shape index (κ1) is 14.6. The summed E-state index contributed by atoms with van der Waals surface area (Å²) in [5, 5.41) is 9.82. The SMILES string of the molecule is CCCCNC(=O)C(S)CC(S)C(=O)O. The van der Waals surface area contributed by atoms with Crippen molar-refractivity contribution in [3.05, 3.63) is 0 Å². The largest absolute Gasteiger partial charge is 0.480 e. The smallest absolute Gasteiger partial charge is 0.316 e. The molecule has 88 valence electrons. The van der Waals surface area contributed by atoms with Gasteiger partial charge in [-0.1, -0.05) is 13.3 Å². The maximum absolute atomic E-state index is 11.4. The van der Waals surface area contributed by atoms with E-state index in [1.165, 1.54) is 0 Å². The number of carbonyl (C=O) groups excluding carboxylic acids is 1. The van der Waals surface area contributed by atoms with Crippen LogP contribution in [0.3, 0.4) is 0 Å². The number of unbranched alkanes of at least 4 members (excludes halogenated alkanes) is 1. The van der Waals surface area contributed by atoms with E-state index in [0.717, 1.165) is 12.8 Å². The Balaban J connectivity index is 3.83. The highest BCUT2D eigenvalue weighted by molar-refractivity contribution is 7.82. The van der Waals surface area contributed by atoms with E-state index < -0.39 is 16.5 Å². The predicted octanol–water partition coefficient (Wildman–Crippen LogP) is 0.974. The molecule has 6 heteroatoms. The van der Waals surface area contributed by atoms with Gasteiger partial charge < -0.3 is 10.4 Å². The van der Waals surface area contributed by atoms with Gasteiger partial charge in [-0.05, 0) is 12.8 Å². The molecule has 0 spiro atoms. The fourth-order valence-corrected chi connectivity index (χ4v) is 1.60. The highest BCUT2D eigenvalue weighted by Crippen LogP contribution is 2.10. The summed E-state index contributed by atoms with van der Waals surface area (Å²) < 4.78 is 0. The zero-order valence-corrected chi connectivity index (χ0v) is 10.4. The minimum atomic E-state index is -1.03. The van der Waals surface area contributed by atoms with Crippen LogP contribution in [0.25, 0.3) is 0 Å². The third-order valence-electron chi connectivity index (χ3n) is 1.86. The van der Waals surface area contributed by atoms with E-state index in [9.17, 15) is 9.59 Å². The summed E-state index contributed by atoms with van der Waals surface area (Å²) >= 11 is 7.88. The Hall–Kier alpha value is -0.360. The van der Waals surface area contributed by atoms with Crippen LogP contribution in [0.5, 0.6) is 0 Å². The number of carboxylic acid groups (broad SMARTS) is 1. The first-order valence-electron chi connectivity index (χ1n) is 4.85. The van der Waals surface area contributed by atoms with Gasteiger partial charge in [-0.15, -0.1) is 0 Å². The van der Waals surface area contributed by atoms with Crippen LogP contribution >= 0.6 is 25.3 Å². The molecule has 1 amide bonds. The molecule has 4 nitrogen and oxygen atoms in total. The molecule has 0 heterocycles. The molecule has 0 radical (unpaired) electrons. The lowest BCUT2D eigenvalue weighted by Crippen LogP contribution is -2.34. The number of rotatable bonds is 7. The van der Waals surface area contributed by atoms with Crippen molar-refractivity contribution in [3.63, 3.8) is 0 Å². The van der Waals surface area contributed by atoms with Crippen molar-refractivity contribution in [2.24, 2.45) is 0 Å². The Morgan fingerprint density at radius 2 is 1.93 bits per heavy atom.